The molecule has 0 aliphatic carbocycles. The van der Waals surface area contributed by atoms with Crippen LogP contribution < -0.4 is 0 Å². The van der Waals surface area contributed by atoms with Gasteiger partial charge in [-0.2, -0.15) is 0 Å². The first-order chi connectivity index (χ1) is 8.76. The van der Waals surface area contributed by atoms with E-state index in [4.69, 9.17) is 0 Å². The van der Waals surface area contributed by atoms with Gasteiger partial charge < -0.3 is 4.40 Å². The number of pyridine rings is 1. The lowest BCUT2D eigenvalue weighted by atomic mass is 10.2. The van der Waals surface area contributed by atoms with Crippen molar-refractivity contribution in [1.29, 1.82) is 0 Å². The number of hydrogen-bond donors (Lipinski definition) is 0. The van der Waals surface area contributed by atoms with E-state index in [0.29, 0.717) is 5.52 Å². The van der Waals surface area contributed by atoms with Crippen LogP contribution in [0.15, 0.2) is 23.4 Å². The van der Waals surface area contributed by atoms with Gasteiger partial charge in [0.25, 0.3) is 10.0 Å². The summed E-state index contributed by atoms with van der Waals surface area (Å²) in [6.45, 7) is 5.90. The van der Waals surface area contributed by atoms with E-state index in [0.717, 1.165) is 11.4 Å². The summed E-state index contributed by atoms with van der Waals surface area (Å²) < 4.78 is 27.8. The highest BCUT2D eigenvalue weighted by Crippen LogP contribution is 2.26. The van der Waals surface area contributed by atoms with Crippen molar-refractivity contribution < 1.29 is 8.42 Å². The van der Waals surface area contributed by atoms with Crippen molar-refractivity contribution in [2.24, 2.45) is 0 Å². The standard InChI is InChI=1S/C13H19N3O2S/c1-9(2)12-14-13(19(17,18)15(4)5)11-10(3)7-6-8-16(11)12/h6-9H,1-5H3. The smallest absolute Gasteiger partial charge is 0.262 e. The molecule has 0 N–H and O–H groups in total. The SMILES string of the molecule is Cc1cccn2c(C(C)C)nc(S(=O)(=O)N(C)C)c12. The van der Waals surface area contributed by atoms with Crippen molar-refractivity contribution in [2.75, 3.05) is 14.1 Å². The van der Waals surface area contributed by atoms with E-state index >= 15 is 0 Å². The molecule has 0 saturated heterocycles. The molecule has 2 aromatic rings. The molecule has 0 bridgehead atoms. The zero-order valence-electron chi connectivity index (χ0n) is 11.9. The minimum absolute atomic E-state index is 0.138. The highest BCUT2D eigenvalue weighted by molar-refractivity contribution is 7.89. The number of sulfonamides is 1. The first-order valence-corrected chi connectivity index (χ1v) is 7.61. The molecule has 2 rings (SSSR count). The summed E-state index contributed by atoms with van der Waals surface area (Å²) >= 11 is 0. The topological polar surface area (TPSA) is 54.7 Å². The first-order valence-electron chi connectivity index (χ1n) is 6.17. The predicted molar refractivity (Wildman–Crippen MR) is 74.9 cm³/mol. The fraction of sp³-hybridized carbons (Fsp3) is 0.462. The van der Waals surface area contributed by atoms with E-state index in [9.17, 15) is 8.42 Å². The Morgan fingerprint density at radius 2 is 1.95 bits per heavy atom. The van der Waals surface area contributed by atoms with Gasteiger partial charge in [-0.05, 0) is 18.6 Å². The molecule has 0 aliphatic rings. The van der Waals surface area contributed by atoms with E-state index in [-0.39, 0.29) is 10.9 Å². The fourth-order valence-electron chi connectivity index (χ4n) is 2.05. The van der Waals surface area contributed by atoms with Gasteiger partial charge in [0.15, 0.2) is 5.03 Å². The Kier molecular flexibility index (Phi) is 3.40. The van der Waals surface area contributed by atoms with Gasteiger partial charge in [0, 0.05) is 26.2 Å². The lowest BCUT2D eigenvalue weighted by Crippen LogP contribution is -2.23. The Bertz CT molecular complexity index is 715. The molecule has 2 aromatic heterocycles. The molecule has 0 radical (unpaired) electrons. The second kappa shape index (κ2) is 4.61. The van der Waals surface area contributed by atoms with Crippen LogP contribution in [-0.2, 0) is 10.0 Å². The third-order valence-corrected chi connectivity index (χ3v) is 4.84. The highest BCUT2D eigenvalue weighted by atomic mass is 32.2. The van der Waals surface area contributed by atoms with Crippen molar-refractivity contribution in [3.63, 3.8) is 0 Å². The molecule has 0 unspecified atom stereocenters. The molecule has 0 aromatic carbocycles. The van der Waals surface area contributed by atoms with Crippen LogP contribution in [0.2, 0.25) is 0 Å². The van der Waals surface area contributed by atoms with Crippen molar-refractivity contribution in [3.05, 3.63) is 29.7 Å². The summed E-state index contributed by atoms with van der Waals surface area (Å²) in [6.07, 6.45) is 1.86. The van der Waals surface area contributed by atoms with Crippen LogP contribution in [0.4, 0.5) is 0 Å². The van der Waals surface area contributed by atoms with Gasteiger partial charge >= 0.3 is 0 Å². The molecule has 0 fully saturated rings. The van der Waals surface area contributed by atoms with Gasteiger partial charge in [0.05, 0.1) is 5.52 Å². The lowest BCUT2D eigenvalue weighted by molar-refractivity contribution is 0.518. The Morgan fingerprint density at radius 1 is 1.32 bits per heavy atom. The molecule has 0 saturated carbocycles. The molecule has 19 heavy (non-hydrogen) atoms. The molecule has 6 heteroatoms. The van der Waals surface area contributed by atoms with Crippen LogP contribution >= 0.6 is 0 Å². The number of rotatable bonds is 3. The number of nitrogens with zero attached hydrogens (tertiary/aromatic N) is 3. The van der Waals surface area contributed by atoms with E-state index in [1.165, 1.54) is 18.4 Å². The maximum atomic E-state index is 12.4. The minimum Gasteiger partial charge on any atom is -0.302 e. The van der Waals surface area contributed by atoms with Crippen molar-refractivity contribution in [3.8, 4) is 0 Å². The summed E-state index contributed by atoms with van der Waals surface area (Å²) in [7, 11) is -0.494. The quantitative estimate of drug-likeness (QED) is 0.865. The number of hydrogen-bond acceptors (Lipinski definition) is 3. The molecule has 5 nitrogen and oxygen atoms in total. The molecule has 104 valence electrons. The van der Waals surface area contributed by atoms with Crippen molar-refractivity contribution in [1.82, 2.24) is 13.7 Å². The number of imidazole rings is 1. The Balaban J connectivity index is 2.91. The van der Waals surface area contributed by atoms with Crippen LogP contribution in [0.1, 0.15) is 31.2 Å². The molecule has 0 spiro atoms. The molecule has 0 atom stereocenters. The van der Waals surface area contributed by atoms with Gasteiger partial charge in [0.1, 0.15) is 5.82 Å². The van der Waals surface area contributed by atoms with E-state index in [2.05, 4.69) is 4.98 Å². The van der Waals surface area contributed by atoms with E-state index in [1.54, 1.807) is 0 Å². The molecular weight excluding hydrogens is 262 g/mol. The van der Waals surface area contributed by atoms with Crippen LogP contribution in [0, 0.1) is 6.92 Å². The monoisotopic (exact) mass is 281 g/mol. The molecular formula is C13H19N3O2S. The summed E-state index contributed by atoms with van der Waals surface area (Å²) in [5, 5.41) is 0.138. The lowest BCUT2D eigenvalue weighted by Gasteiger charge is -2.09. The molecule has 2 heterocycles. The third-order valence-electron chi connectivity index (χ3n) is 3.10. The van der Waals surface area contributed by atoms with Gasteiger partial charge in [-0.25, -0.2) is 17.7 Å². The predicted octanol–water partition coefficient (Wildman–Crippen LogP) is 2.02. The number of aromatic nitrogens is 2. The zero-order chi connectivity index (χ0) is 14.4. The summed E-state index contributed by atoms with van der Waals surface area (Å²) in [5.41, 5.74) is 1.57. The Morgan fingerprint density at radius 3 is 2.47 bits per heavy atom. The van der Waals surface area contributed by atoms with E-state index < -0.39 is 10.0 Å². The van der Waals surface area contributed by atoms with Crippen LogP contribution in [0.5, 0.6) is 0 Å². The van der Waals surface area contributed by atoms with Crippen LogP contribution in [0.3, 0.4) is 0 Å². The summed E-state index contributed by atoms with van der Waals surface area (Å²) in [5.74, 6) is 0.916. The van der Waals surface area contributed by atoms with Crippen LogP contribution in [-0.4, -0.2) is 36.2 Å². The van der Waals surface area contributed by atoms with Gasteiger partial charge in [-0.15, -0.1) is 0 Å². The van der Waals surface area contributed by atoms with Crippen LogP contribution in [0.25, 0.3) is 5.52 Å². The van der Waals surface area contributed by atoms with Crippen molar-refractivity contribution >= 4 is 15.5 Å². The summed E-state index contributed by atoms with van der Waals surface area (Å²) in [6, 6.07) is 3.80. The van der Waals surface area contributed by atoms with Crippen molar-refractivity contribution in [2.45, 2.75) is 31.7 Å². The maximum absolute atomic E-state index is 12.4. The molecule has 0 amide bonds. The van der Waals surface area contributed by atoms with Gasteiger partial charge in [-0.3, -0.25) is 0 Å². The Hall–Kier alpha value is -1.40. The summed E-state index contributed by atoms with van der Waals surface area (Å²) in [4.78, 5) is 4.38. The van der Waals surface area contributed by atoms with E-state index in [1.807, 2.05) is 43.5 Å². The third kappa shape index (κ3) is 2.15. The largest absolute Gasteiger partial charge is 0.302 e. The molecule has 0 aliphatic heterocycles. The second-order valence-corrected chi connectivity index (χ2v) is 7.19. The second-order valence-electron chi connectivity index (χ2n) is 5.13. The normalized spacial score (nSPS) is 12.8. The first kappa shape index (κ1) is 14.0. The number of fused-ring (bicyclic) bond motifs is 1. The Labute approximate surface area is 113 Å². The average molecular weight is 281 g/mol. The van der Waals surface area contributed by atoms with Gasteiger partial charge in [0.2, 0.25) is 0 Å². The fourth-order valence-corrected chi connectivity index (χ4v) is 3.11. The number of aryl methyl sites for hydroxylation is 1. The maximum Gasteiger partial charge on any atom is 0.262 e. The highest BCUT2D eigenvalue weighted by Gasteiger charge is 2.27. The average Bonchev–Trinajstić information content (AvgIpc) is 2.70. The zero-order valence-corrected chi connectivity index (χ0v) is 12.7. The minimum atomic E-state index is -3.54. The van der Waals surface area contributed by atoms with Gasteiger partial charge in [-0.1, -0.05) is 19.9 Å².